The molecule has 1 heterocycles. The molecular formula is C15H19N3O2S. The van der Waals surface area contributed by atoms with E-state index in [1.165, 1.54) is 0 Å². The summed E-state index contributed by atoms with van der Waals surface area (Å²) >= 11 is 1.63. The molecule has 2 aromatic rings. The van der Waals surface area contributed by atoms with Gasteiger partial charge in [0, 0.05) is 18.3 Å². The molecule has 1 aromatic carbocycles. The van der Waals surface area contributed by atoms with Gasteiger partial charge in [-0.15, -0.1) is 11.3 Å². The van der Waals surface area contributed by atoms with E-state index in [0.29, 0.717) is 30.1 Å². The number of rotatable bonds is 6. The van der Waals surface area contributed by atoms with Crippen molar-refractivity contribution >= 4 is 28.7 Å². The number of nitrogens with zero attached hydrogens (tertiary/aromatic N) is 1. The molecule has 0 spiro atoms. The summed E-state index contributed by atoms with van der Waals surface area (Å²) in [6.45, 7) is 4.76. The van der Waals surface area contributed by atoms with Gasteiger partial charge < -0.3 is 15.8 Å². The predicted molar refractivity (Wildman–Crippen MR) is 85.9 cm³/mol. The number of ether oxygens (including phenoxy) is 1. The number of benzene rings is 1. The maximum Gasteiger partial charge on any atom is 0.340 e. The van der Waals surface area contributed by atoms with Gasteiger partial charge in [-0.05, 0) is 26.0 Å². The standard InChI is InChI=1S/C15H19N3O2S/c1-3-20-15(19)12-5-4-6-13(16)14(12)17-8-7-11-9-21-10(2)18-11/h4-6,9,17H,3,7-8,16H2,1-2H3. The lowest BCUT2D eigenvalue weighted by atomic mass is 10.1. The minimum atomic E-state index is -0.364. The van der Waals surface area contributed by atoms with Gasteiger partial charge in [0.25, 0.3) is 0 Å². The first kappa shape index (κ1) is 15.3. The lowest BCUT2D eigenvalue weighted by molar-refractivity contribution is 0.0527. The third-order valence-corrected chi connectivity index (χ3v) is 3.76. The number of aromatic nitrogens is 1. The Morgan fingerprint density at radius 1 is 1.48 bits per heavy atom. The molecule has 0 atom stereocenters. The van der Waals surface area contributed by atoms with E-state index in [1.54, 1.807) is 36.5 Å². The van der Waals surface area contributed by atoms with E-state index in [-0.39, 0.29) is 5.97 Å². The van der Waals surface area contributed by atoms with Crippen molar-refractivity contribution in [2.45, 2.75) is 20.3 Å². The molecule has 0 aliphatic carbocycles. The predicted octanol–water partition coefficient (Wildman–Crippen LogP) is 2.87. The average molecular weight is 305 g/mol. The van der Waals surface area contributed by atoms with Crippen molar-refractivity contribution in [1.82, 2.24) is 4.98 Å². The van der Waals surface area contributed by atoms with Crippen LogP contribution in [0.25, 0.3) is 0 Å². The van der Waals surface area contributed by atoms with Gasteiger partial charge in [0.05, 0.1) is 34.2 Å². The Labute approximate surface area is 128 Å². The Bertz CT molecular complexity index is 625. The highest BCUT2D eigenvalue weighted by molar-refractivity contribution is 7.09. The van der Waals surface area contributed by atoms with Crippen LogP contribution in [0.5, 0.6) is 0 Å². The number of hydrogen-bond acceptors (Lipinski definition) is 6. The fraction of sp³-hybridized carbons (Fsp3) is 0.333. The van der Waals surface area contributed by atoms with E-state index < -0.39 is 0 Å². The van der Waals surface area contributed by atoms with Crippen LogP contribution >= 0.6 is 11.3 Å². The molecule has 21 heavy (non-hydrogen) atoms. The molecule has 0 saturated carbocycles. The Balaban J connectivity index is 2.06. The second-order valence-corrected chi connectivity index (χ2v) is 5.59. The molecule has 6 heteroatoms. The van der Waals surface area contributed by atoms with E-state index in [2.05, 4.69) is 10.3 Å². The minimum absolute atomic E-state index is 0.338. The Morgan fingerprint density at radius 3 is 2.95 bits per heavy atom. The van der Waals surface area contributed by atoms with Gasteiger partial charge in [-0.3, -0.25) is 0 Å². The molecule has 0 saturated heterocycles. The van der Waals surface area contributed by atoms with Crippen LogP contribution in [0, 0.1) is 6.92 Å². The number of esters is 1. The summed E-state index contributed by atoms with van der Waals surface area (Å²) in [5.74, 6) is -0.364. The highest BCUT2D eigenvalue weighted by Gasteiger charge is 2.14. The van der Waals surface area contributed by atoms with E-state index >= 15 is 0 Å². The minimum Gasteiger partial charge on any atom is -0.462 e. The zero-order chi connectivity index (χ0) is 15.2. The van der Waals surface area contributed by atoms with Gasteiger partial charge in [0.1, 0.15) is 0 Å². The summed E-state index contributed by atoms with van der Waals surface area (Å²) in [6, 6.07) is 5.22. The first-order chi connectivity index (χ1) is 10.1. The summed E-state index contributed by atoms with van der Waals surface area (Å²) in [5.41, 5.74) is 8.62. The molecule has 0 unspecified atom stereocenters. The summed E-state index contributed by atoms with van der Waals surface area (Å²) in [7, 11) is 0. The van der Waals surface area contributed by atoms with Crippen LogP contribution in [0.15, 0.2) is 23.6 Å². The lowest BCUT2D eigenvalue weighted by Crippen LogP contribution is -2.13. The number of thiazole rings is 1. The maximum absolute atomic E-state index is 11.9. The summed E-state index contributed by atoms with van der Waals surface area (Å²) in [4.78, 5) is 16.3. The van der Waals surface area contributed by atoms with Crippen LogP contribution in [-0.2, 0) is 11.2 Å². The molecule has 1 aromatic heterocycles. The van der Waals surface area contributed by atoms with Crippen molar-refractivity contribution in [3.05, 3.63) is 39.8 Å². The number of anilines is 2. The van der Waals surface area contributed by atoms with Gasteiger partial charge in [-0.2, -0.15) is 0 Å². The second-order valence-electron chi connectivity index (χ2n) is 4.52. The topological polar surface area (TPSA) is 77.2 Å². The Kier molecular flexibility index (Phi) is 5.16. The van der Waals surface area contributed by atoms with E-state index in [0.717, 1.165) is 17.1 Å². The van der Waals surface area contributed by atoms with Gasteiger partial charge in [0.15, 0.2) is 0 Å². The Hall–Kier alpha value is -2.08. The molecule has 3 N–H and O–H groups in total. The highest BCUT2D eigenvalue weighted by atomic mass is 32.1. The number of carbonyl (C=O) groups is 1. The van der Waals surface area contributed by atoms with Gasteiger partial charge in [-0.1, -0.05) is 6.07 Å². The van der Waals surface area contributed by atoms with Crippen molar-refractivity contribution < 1.29 is 9.53 Å². The molecule has 0 aliphatic heterocycles. The number of nitrogens with one attached hydrogen (secondary N) is 1. The molecule has 0 amide bonds. The maximum atomic E-state index is 11.9. The third-order valence-electron chi connectivity index (χ3n) is 2.94. The highest BCUT2D eigenvalue weighted by Crippen LogP contribution is 2.24. The normalized spacial score (nSPS) is 10.4. The first-order valence-electron chi connectivity index (χ1n) is 6.82. The van der Waals surface area contributed by atoms with Crippen molar-refractivity contribution in [3.63, 3.8) is 0 Å². The average Bonchev–Trinajstić information content (AvgIpc) is 2.86. The number of hydrogen-bond donors (Lipinski definition) is 2. The van der Waals surface area contributed by atoms with Gasteiger partial charge >= 0.3 is 5.97 Å². The smallest absolute Gasteiger partial charge is 0.340 e. The SMILES string of the molecule is CCOC(=O)c1cccc(N)c1NCCc1csc(C)n1. The first-order valence-corrected chi connectivity index (χ1v) is 7.70. The molecule has 5 nitrogen and oxygen atoms in total. The number of nitrogen functional groups attached to an aromatic ring is 1. The van der Waals surface area contributed by atoms with Crippen LogP contribution in [0.1, 0.15) is 28.0 Å². The van der Waals surface area contributed by atoms with E-state index in [9.17, 15) is 4.79 Å². The largest absolute Gasteiger partial charge is 0.462 e. The van der Waals surface area contributed by atoms with Crippen LogP contribution in [0.4, 0.5) is 11.4 Å². The second kappa shape index (κ2) is 7.08. The van der Waals surface area contributed by atoms with E-state index in [4.69, 9.17) is 10.5 Å². The van der Waals surface area contributed by atoms with Crippen molar-refractivity contribution in [1.29, 1.82) is 0 Å². The van der Waals surface area contributed by atoms with Crippen molar-refractivity contribution in [3.8, 4) is 0 Å². The number of para-hydroxylation sites is 1. The van der Waals surface area contributed by atoms with Gasteiger partial charge in [0.2, 0.25) is 0 Å². The Morgan fingerprint density at radius 2 is 2.29 bits per heavy atom. The third kappa shape index (κ3) is 3.95. The van der Waals surface area contributed by atoms with Crippen molar-refractivity contribution in [2.75, 3.05) is 24.2 Å². The monoisotopic (exact) mass is 305 g/mol. The fourth-order valence-corrected chi connectivity index (χ4v) is 2.63. The lowest BCUT2D eigenvalue weighted by Gasteiger charge is -2.13. The summed E-state index contributed by atoms with van der Waals surface area (Å²) < 4.78 is 5.05. The van der Waals surface area contributed by atoms with Crippen molar-refractivity contribution in [2.24, 2.45) is 0 Å². The summed E-state index contributed by atoms with van der Waals surface area (Å²) in [6.07, 6.45) is 0.779. The molecule has 112 valence electrons. The zero-order valence-corrected chi connectivity index (χ0v) is 13.0. The number of carbonyl (C=O) groups excluding carboxylic acids is 1. The molecule has 0 aliphatic rings. The fourth-order valence-electron chi connectivity index (χ4n) is 1.99. The molecule has 0 radical (unpaired) electrons. The van der Waals surface area contributed by atoms with Crippen LogP contribution in [0.2, 0.25) is 0 Å². The van der Waals surface area contributed by atoms with Crippen LogP contribution in [-0.4, -0.2) is 24.1 Å². The number of nitrogens with two attached hydrogens (primary N) is 1. The van der Waals surface area contributed by atoms with Gasteiger partial charge in [-0.25, -0.2) is 9.78 Å². The molecular weight excluding hydrogens is 286 g/mol. The van der Waals surface area contributed by atoms with Crippen LogP contribution in [0.3, 0.4) is 0 Å². The number of aryl methyl sites for hydroxylation is 1. The molecule has 2 rings (SSSR count). The summed E-state index contributed by atoms with van der Waals surface area (Å²) in [5, 5.41) is 6.31. The quantitative estimate of drug-likeness (QED) is 0.634. The van der Waals surface area contributed by atoms with E-state index in [1.807, 2.05) is 12.3 Å². The molecule has 0 fully saturated rings. The zero-order valence-electron chi connectivity index (χ0n) is 12.2. The van der Waals surface area contributed by atoms with Crippen LogP contribution < -0.4 is 11.1 Å². The molecule has 0 bridgehead atoms.